The summed E-state index contributed by atoms with van der Waals surface area (Å²) in [6.45, 7) is 0. The molecule has 3 aromatic rings. The van der Waals surface area contributed by atoms with Gasteiger partial charge < -0.3 is 9.14 Å². The number of fused-ring (bicyclic) bond motifs is 1. The van der Waals surface area contributed by atoms with Crippen molar-refractivity contribution in [1.82, 2.24) is 9.38 Å². The molecular weight excluding hydrogens is 305 g/mol. The number of benzene rings is 1. The minimum Gasteiger partial charge on any atom is -0.406 e. The normalized spacial score (nSPS) is 11.8. The largest absolute Gasteiger partial charge is 0.573 e. The lowest BCUT2D eigenvalue weighted by Gasteiger charge is -2.08. The summed E-state index contributed by atoms with van der Waals surface area (Å²) in [5.74, 6) is -0.270. The Labute approximate surface area is 122 Å². The van der Waals surface area contributed by atoms with Gasteiger partial charge in [-0.05, 0) is 36.4 Å². The molecule has 1 aromatic carbocycles. The number of hydrogen-bond donors (Lipinski definition) is 0. The number of pyridine rings is 1. The highest BCUT2D eigenvalue weighted by atomic mass is 35.5. The molecule has 3 nitrogen and oxygen atoms in total. The van der Waals surface area contributed by atoms with Crippen LogP contribution in [0.2, 0.25) is 5.02 Å². The summed E-state index contributed by atoms with van der Waals surface area (Å²) in [7, 11) is 0. The molecule has 0 aliphatic heterocycles. The first-order valence-corrected chi connectivity index (χ1v) is 6.29. The second kappa shape index (κ2) is 4.96. The number of alkyl halides is 3. The average molecular weight is 313 g/mol. The van der Waals surface area contributed by atoms with Gasteiger partial charge in [0.1, 0.15) is 5.75 Å². The molecule has 0 saturated carbocycles. The van der Waals surface area contributed by atoms with Crippen LogP contribution in [0, 0.1) is 0 Å². The molecule has 0 spiro atoms. The number of halogens is 4. The summed E-state index contributed by atoms with van der Waals surface area (Å²) < 4.78 is 41.9. The average Bonchev–Trinajstić information content (AvgIpc) is 2.83. The monoisotopic (exact) mass is 312 g/mol. The Balaban J connectivity index is 1.94. The van der Waals surface area contributed by atoms with Gasteiger partial charge >= 0.3 is 6.36 Å². The lowest BCUT2D eigenvalue weighted by atomic mass is 10.2. The highest BCUT2D eigenvalue weighted by molar-refractivity contribution is 6.33. The van der Waals surface area contributed by atoms with E-state index in [0.29, 0.717) is 21.9 Å². The Bertz CT molecular complexity index is 781. The Morgan fingerprint density at radius 2 is 1.81 bits per heavy atom. The Morgan fingerprint density at radius 1 is 1.10 bits per heavy atom. The van der Waals surface area contributed by atoms with Crippen LogP contribution in [-0.2, 0) is 0 Å². The Kier molecular flexibility index (Phi) is 3.25. The van der Waals surface area contributed by atoms with Gasteiger partial charge in [0, 0.05) is 18.0 Å². The van der Waals surface area contributed by atoms with Gasteiger partial charge in [-0.2, -0.15) is 0 Å². The predicted molar refractivity (Wildman–Crippen MR) is 72.3 cm³/mol. The van der Waals surface area contributed by atoms with Crippen LogP contribution in [0.15, 0.2) is 48.8 Å². The van der Waals surface area contributed by atoms with Gasteiger partial charge in [0.05, 0.1) is 10.7 Å². The molecule has 7 heteroatoms. The fourth-order valence-electron chi connectivity index (χ4n) is 1.95. The summed E-state index contributed by atoms with van der Waals surface area (Å²) >= 11 is 6.03. The summed E-state index contributed by atoms with van der Waals surface area (Å²) in [6.07, 6.45) is -1.15. The highest BCUT2D eigenvalue weighted by Gasteiger charge is 2.30. The van der Waals surface area contributed by atoms with E-state index < -0.39 is 6.36 Å². The van der Waals surface area contributed by atoms with Gasteiger partial charge in [-0.3, -0.25) is 0 Å². The third kappa shape index (κ3) is 2.95. The van der Waals surface area contributed by atoms with Crippen molar-refractivity contribution in [3.63, 3.8) is 0 Å². The van der Waals surface area contributed by atoms with Crippen molar-refractivity contribution >= 4 is 17.2 Å². The number of aromatic nitrogens is 2. The minimum atomic E-state index is -4.70. The number of ether oxygens (including phenoxy) is 1. The molecule has 0 aliphatic rings. The maximum atomic E-state index is 12.1. The molecular formula is C14H8ClF3N2O. The van der Waals surface area contributed by atoms with Crippen LogP contribution in [0.25, 0.3) is 16.9 Å². The maximum absolute atomic E-state index is 12.1. The quantitative estimate of drug-likeness (QED) is 0.694. The number of nitrogens with zero attached hydrogens (tertiary/aromatic N) is 2. The fraction of sp³-hybridized carbons (Fsp3) is 0.0714. The van der Waals surface area contributed by atoms with Crippen molar-refractivity contribution in [1.29, 1.82) is 0 Å². The number of hydrogen-bond acceptors (Lipinski definition) is 2. The second-order valence-corrected chi connectivity index (χ2v) is 4.69. The van der Waals surface area contributed by atoms with Gasteiger partial charge in [0.15, 0.2) is 5.65 Å². The SMILES string of the molecule is FC(F)(F)Oc1ccc(-c2cn3cccc(Cl)c3n2)cc1. The van der Waals surface area contributed by atoms with E-state index in [0.717, 1.165) is 0 Å². The summed E-state index contributed by atoms with van der Waals surface area (Å²) in [5.41, 5.74) is 1.87. The molecule has 3 rings (SSSR count). The molecule has 0 unspecified atom stereocenters. The summed E-state index contributed by atoms with van der Waals surface area (Å²) in [4.78, 5) is 4.35. The van der Waals surface area contributed by atoms with Gasteiger partial charge in [0.25, 0.3) is 0 Å². The summed E-state index contributed by atoms with van der Waals surface area (Å²) in [5, 5.41) is 0.501. The zero-order valence-electron chi connectivity index (χ0n) is 10.4. The van der Waals surface area contributed by atoms with Gasteiger partial charge in [-0.15, -0.1) is 13.2 Å². The van der Waals surface area contributed by atoms with Crippen LogP contribution < -0.4 is 4.74 Å². The van der Waals surface area contributed by atoms with E-state index in [1.807, 2.05) is 0 Å². The molecule has 2 aromatic heterocycles. The van der Waals surface area contributed by atoms with E-state index in [1.165, 1.54) is 24.3 Å². The smallest absolute Gasteiger partial charge is 0.406 e. The molecule has 0 aliphatic carbocycles. The molecule has 0 fully saturated rings. The number of imidazole rings is 1. The van der Waals surface area contributed by atoms with E-state index >= 15 is 0 Å². The lowest BCUT2D eigenvalue weighted by molar-refractivity contribution is -0.274. The Hall–Kier alpha value is -2.21. The van der Waals surface area contributed by atoms with Crippen LogP contribution >= 0.6 is 11.6 Å². The molecule has 0 N–H and O–H groups in total. The molecule has 0 bridgehead atoms. The van der Waals surface area contributed by atoms with E-state index in [4.69, 9.17) is 11.6 Å². The number of rotatable bonds is 2. The van der Waals surface area contributed by atoms with E-state index in [9.17, 15) is 13.2 Å². The molecule has 0 amide bonds. The van der Waals surface area contributed by atoms with Crippen molar-refractivity contribution in [2.24, 2.45) is 0 Å². The minimum absolute atomic E-state index is 0.270. The first-order chi connectivity index (χ1) is 9.92. The first kappa shape index (κ1) is 13.8. The van der Waals surface area contributed by atoms with Crippen molar-refractivity contribution in [3.8, 4) is 17.0 Å². The van der Waals surface area contributed by atoms with Crippen LogP contribution in [-0.4, -0.2) is 15.7 Å². The van der Waals surface area contributed by atoms with Gasteiger partial charge in [-0.25, -0.2) is 4.98 Å². The van der Waals surface area contributed by atoms with E-state index in [-0.39, 0.29) is 5.75 Å². The standard InChI is InChI=1S/C14H8ClF3N2O/c15-11-2-1-7-20-8-12(19-13(11)20)9-3-5-10(6-4-9)21-14(16,17)18/h1-8H. The van der Waals surface area contributed by atoms with Crippen molar-refractivity contribution in [2.75, 3.05) is 0 Å². The molecule has 0 atom stereocenters. The lowest BCUT2D eigenvalue weighted by Crippen LogP contribution is -2.16. The van der Waals surface area contributed by atoms with E-state index in [2.05, 4.69) is 9.72 Å². The van der Waals surface area contributed by atoms with Crippen LogP contribution in [0.1, 0.15) is 0 Å². The Morgan fingerprint density at radius 3 is 2.43 bits per heavy atom. The second-order valence-electron chi connectivity index (χ2n) is 4.29. The zero-order valence-corrected chi connectivity index (χ0v) is 11.2. The van der Waals surface area contributed by atoms with Gasteiger partial charge in [-0.1, -0.05) is 11.6 Å². The molecule has 0 radical (unpaired) electrons. The topological polar surface area (TPSA) is 26.5 Å². The van der Waals surface area contributed by atoms with Gasteiger partial charge in [0.2, 0.25) is 0 Å². The van der Waals surface area contributed by atoms with Crippen LogP contribution in [0.5, 0.6) is 5.75 Å². The van der Waals surface area contributed by atoms with Crippen molar-refractivity contribution in [2.45, 2.75) is 6.36 Å². The predicted octanol–water partition coefficient (Wildman–Crippen LogP) is 4.55. The molecule has 0 saturated heterocycles. The third-order valence-electron chi connectivity index (χ3n) is 2.82. The van der Waals surface area contributed by atoms with Crippen molar-refractivity contribution in [3.05, 3.63) is 53.8 Å². The zero-order chi connectivity index (χ0) is 15.0. The van der Waals surface area contributed by atoms with Crippen molar-refractivity contribution < 1.29 is 17.9 Å². The maximum Gasteiger partial charge on any atom is 0.573 e. The third-order valence-corrected chi connectivity index (χ3v) is 3.11. The highest BCUT2D eigenvalue weighted by Crippen LogP contribution is 2.27. The van der Waals surface area contributed by atoms with Crippen LogP contribution in [0.4, 0.5) is 13.2 Å². The summed E-state index contributed by atoms with van der Waals surface area (Å²) in [6, 6.07) is 9.01. The fourth-order valence-corrected chi connectivity index (χ4v) is 2.16. The van der Waals surface area contributed by atoms with Crippen LogP contribution in [0.3, 0.4) is 0 Å². The first-order valence-electron chi connectivity index (χ1n) is 5.92. The molecule has 21 heavy (non-hydrogen) atoms. The molecule has 108 valence electrons. The molecule has 2 heterocycles. The van der Waals surface area contributed by atoms with E-state index in [1.54, 1.807) is 28.9 Å².